The molecule has 1 aliphatic heterocycles. The van der Waals surface area contributed by atoms with Crippen LogP contribution in [0, 0.1) is 16.7 Å². The molecular weight excluding hydrogens is 372 g/mol. The number of benzene rings is 1. The number of nitrogens with zero attached hydrogens (tertiary/aromatic N) is 6. The van der Waals surface area contributed by atoms with Crippen LogP contribution in [0.25, 0.3) is 11.0 Å². The minimum atomic E-state index is -0.194. The lowest BCUT2D eigenvalue weighted by Crippen LogP contribution is -2.27. The maximum atomic E-state index is 9.92. The molecule has 1 saturated heterocycles. The number of imidazole rings is 1. The van der Waals surface area contributed by atoms with Gasteiger partial charge < -0.3 is 9.47 Å². The average Bonchev–Trinajstić information content (AvgIpc) is 3.29. The summed E-state index contributed by atoms with van der Waals surface area (Å²) in [6.07, 6.45) is 5.66. The summed E-state index contributed by atoms with van der Waals surface area (Å²) >= 11 is 0. The van der Waals surface area contributed by atoms with E-state index in [1.807, 2.05) is 31.2 Å². The van der Waals surface area contributed by atoms with Crippen LogP contribution in [0.1, 0.15) is 44.4 Å². The Labute approximate surface area is 178 Å². The van der Waals surface area contributed by atoms with E-state index in [1.165, 1.54) is 5.56 Å². The highest BCUT2D eigenvalue weighted by atomic mass is 15.2. The van der Waals surface area contributed by atoms with Crippen LogP contribution in [-0.4, -0.2) is 39.6 Å². The quantitative estimate of drug-likeness (QED) is 0.624. The van der Waals surface area contributed by atoms with E-state index in [0.717, 1.165) is 54.0 Å². The summed E-state index contributed by atoms with van der Waals surface area (Å²) < 4.78 is 2.01. The lowest BCUT2D eigenvalue weighted by molar-refractivity contribution is 0.257. The molecule has 6 heteroatoms. The molecule has 0 bridgehead atoms. The first-order chi connectivity index (χ1) is 14.3. The Kier molecular flexibility index (Phi) is 5.25. The fraction of sp³-hybridized carbons (Fsp3) is 0.458. The number of pyridine rings is 1. The van der Waals surface area contributed by atoms with Crippen molar-refractivity contribution in [2.75, 3.05) is 25.0 Å². The molecular formula is C24H30N6. The zero-order valence-corrected chi connectivity index (χ0v) is 18.6. The van der Waals surface area contributed by atoms with Gasteiger partial charge in [-0.25, -0.2) is 9.97 Å². The normalized spacial score (nSPS) is 17.2. The molecule has 6 nitrogen and oxygen atoms in total. The van der Waals surface area contributed by atoms with Crippen molar-refractivity contribution >= 4 is 22.5 Å². The smallest absolute Gasteiger partial charge is 0.134 e. The maximum absolute atomic E-state index is 9.92. The molecule has 0 spiro atoms. The highest BCUT2D eigenvalue weighted by molar-refractivity contribution is 5.79. The second-order valence-corrected chi connectivity index (χ2v) is 9.10. The molecule has 3 aromatic rings. The summed E-state index contributed by atoms with van der Waals surface area (Å²) in [6.45, 7) is 8.66. The van der Waals surface area contributed by atoms with Crippen LogP contribution in [0.2, 0.25) is 0 Å². The molecule has 1 atom stereocenters. The lowest BCUT2D eigenvalue weighted by Gasteiger charge is -2.26. The minimum Gasteiger partial charge on any atom is -0.334 e. The molecule has 30 heavy (non-hydrogen) atoms. The molecule has 1 aromatic carbocycles. The van der Waals surface area contributed by atoms with Crippen molar-refractivity contribution in [2.24, 2.45) is 12.5 Å². The van der Waals surface area contributed by atoms with Gasteiger partial charge in [-0.1, -0.05) is 32.9 Å². The number of likely N-dealkylation sites (tertiary alicyclic amines) is 1. The number of aryl methyl sites for hydroxylation is 2. The molecule has 4 rings (SSSR count). The van der Waals surface area contributed by atoms with E-state index in [2.05, 4.69) is 70.9 Å². The van der Waals surface area contributed by atoms with Crippen molar-refractivity contribution in [3.8, 4) is 6.07 Å². The number of hydrogen-bond donors (Lipinski definition) is 0. The number of nitriles is 1. The van der Waals surface area contributed by atoms with Gasteiger partial charge in [-0.3, -0.25) is 4.90 Å². The third kappa shape index (κ3) is 3.66. The second-order valence-electron chi connectivity index (χ2n) is 9.10. The fourth-order valence-corrected chi connectivity index (χ4v) is 4.45. The van der Waals surface area contributed by atoms with Gasteiger partial charge in [-0.05, 0) is 35.4 Å². The largest absolute Gasteiger partial charge is 0.334 e. The first-order valence-electron chi connectivity index (χ1n) is 10.6. The van der Waals surface area contributed by atoms with Gasteiger partial charge >= 0.3 is 0 Å². The van der Waals surface area contributed by atoms with Crippen molar-refractivity contribution in [3.63, 3.8) is 0 Å². The van der Waals surface area contributed by atoms with E-state index in [-0.39, 0.29) is 11.5 Å². The SMILES string of the molecule is CCc1cc(C(C#N)N2CCC(C)(C)C2)ccc1N(C)c1cc2c(cn1)ncn2C. The first-order valence-corrected chi connectivity index (χ1v) is 10.6. The van der Waals surface area contributed by atoms with Crippen LogP contribution in [-0.2, 0) is 13.5 Å². The summed E-state index contributed by atoms with van der Waals surface area (Å²) in [7, 11) is 4.04. The van der Waals surface area contributed by atoms with Crippen LogP contribution in [0.3, 0.4) is 0 Å². The lowest BCUT2D eigenvalue weighted by atomic mass is 9.93. The Balaban J connectivity index is 1.66. The van der Waals surface area contributed by atoms with Crippen LogP contribution in [0.5, 0.6) is 0 Å². The third-order valence-corrected chi connectivity index (χ3v) is 6.30. The van der Waals surface area contributed by atoms with Gasteiger partial charge in [0.1, 0.15) is 17.4 Å². The first kappa shape index (κ1) is 20.4. The zero-order valence-electron chi connectivity index (χ0n) is 18.6. The van der Waals surface area contributed by atoms with Gasteiger partial charge in [-0.2, -0.15) is 5.26 Å². The van der Waals surface area contributed by atoms with Crippen LogP contribution >= 0.6 is 0 Å². The number of fused-ring (bicyclic) bond motifs is 1. The van der Waals surface area contributed by atoms with Crippen molar-refractivity contribution in [1.29, 1.82) is 5.26 Å². The Morgan fingerprint density at radius 1 is 1.27 bits per heavy atom. The van der Waals surface area contributed by atoms with Gasteiger partial charge in [0.15, 0.2) is 0 Å². The topological polar surface area (TPSA) is 61.0 Å². The summed E-state index contributed by atoms with van der Waals surface area (Å²) in [5.41, 5.74) is 5.65. The van der Waals surface area contributed by atoms with Crippen LogP contribution < -0.4 is 4.90 Å². The molecule has 156 valence electrons. The van der Waals surface area contributed by atoms with E-state index in [1.54, 1.807) is 0 Å². The van der Waals surface area contributed by atoms with E-state index in [4.69, 9.17) is 0 Å². The van der Waals surface area contributed by atoms with Crippen LogP contribution in [0.4, 0.5) is 11.5 Å². The van der Waals surface area contributed by atoms with E-state index in [9.17, 15) is 5.26 Å². The van der Waals surface area contributed by atoms with Crippen molar-refractivity contribution < 1.29 is 0 Å². The van der Waals surface area contributed by atoms with Crippen LogP contribution in [0.15, 0.2) is 36.8 Å². The predicted octanol–water partition coefficient (Wildman–Crippen LogP) is 4.60. The molecule has 1 unspecified atom stereocenters. The molecule has 0 radical (unpaired) electrons. The Morgan fingerprint density at radius 2 is 2.07 bits per heavy atom. The van der Waals surface area contributed by atoms with Gasteiger partial charge in [0, 0.05) is 38.9 Å². The van der Waals surface area contributed by atoms with Crippen molar-refractivity contribution in [3.05, 3.63) is 47.9 Å². The van der Waals surface area contributed by atoms with E-state index >= 15 is 0 Å². The number of hydrogen-bond acceptors (Lipinski definition) is 5. The molecule has 2 aromatic heterocycles. The zero-order chi connectivity index (χ0) is 21.5. The Bertz CT molecular complexity index is 1110. The van der Waals surface area contributed by atoms with Gasteiger partial charge in [0.2, 0.25) is 0 Å². The molecule has 1 fully saturated rings. The third-order valence-electron chi connectivity index (χ3n) is 6.30. The predicted molar refractivity (Wildman–Crippen MR) is 121 cm³/mol. The maximum Gasteiger partial charge on any atom is 0.134 e. The average molecular weight is 403 g/mol. The summed E-state index contributed by atoms with van der Waals surface area (Å²) in [4.78, 5) is 13.4. The minimum absolute atomic E-state index is 0.194. The Hall–Kier alpha value is -2.91. The number of rotatable bonds is 5. The fourth-order valence-electron chi connectivity index (χ4n) is 4.45. The standard InChI is InChI=1S/C24H30N6/c1-6-17-11-18(22(13-25)30-10-9-24(2,3)15-30)7-8-20(17)29(5)23-12-21-19(14-26-23)27-16-28(21)4/h7-8,11-12,14,16,22H,6,9-10,15H2,1-5H3. The number of anilines is 2. The van der Waals surface area contributed by atoms with E-state index in [0.29, 0.717) is 0 Å². The number of aromatic nitrogens is 3. The molecule has 0 N–H and O–H groups in total. The molecule has 1 aliphatic rings. The second kappa shape index (κ2) is 7.73. The van der Waals surface area contributed by atoms with Gasteiger partial charge in [0.25, 0.3) is 0 Å². The molecule has 0 amide bonds. The highest BCUT2D eigenvalue weighted by Crippen LogP contribution is 2.36. The molecule has 0 saturated carbocycles. The Morgan fingerprint density at radius 3 is 2.73 bits per heavy atom. The van der Waals surface area contributed by atoms with Crippen molar-refractivity contribution in [1.82, 2.24) is 19.4 Å². The summed E-state index contributed by atoms with van der Waals surface area (Å²) in [5, 5.41) is 9.92. The van der Waals surface area contributed by atoms with Crippen molar-refractivity contribution in [2.45, 2.75) is 39.7 Å². The van der Waals surface area contributed by atoms with E-state index < -0.39 is 0 Å². The highest BCUT2D eigenvalue weighted by Gasteiger charge is 2.34. The summed E-state index contributed by atoms with van der Waals surface area (Å²) in [5.74, 6) is 0.881. The van der Waals surface area contributed by atoms with Gasteiger partial charge in [-0.15, -0.1) is 0 Å². The monoisotopic (exact) mass is 402 g/mol. The molecule has 3 heterocycles. The van der Waals surface area contributed by atoms with Gasteiger partial charge in [0.05, 0.1) is 24.1 Å². The summed E-state index contributed by atoms with van der Waals surface area (Å²) in [6, 6.07) is 10.9. The molecule has 0 aliphatic carbocycles.